The largest absolute Gasteiger partial charge is 0.378 e. The van der Waals surface area contributed by atoms with E-state index in [0.717, 1.165) is 29.2 Å². The topological polar surface area (TPSA) is 26.8 Å². The molecular formula is C18H23N3OS2. The maximum absolute atomic E-state index is 12.7. The van der Waals surface area contributed by atoms with Gasteiger partial charge in [-0.2, -0.15) is 0 Å². The van der Waals surface area contributed by atoms with E-state index in [1.54, 1.807) is 4.90 Å². The Morgan fingerprint density at radius 3 is 2.46 bits per heavy atom. The van der Waals surface area contributed by atoms with Gasteiger partial charge in [0.25, 0.3) is 5.91 Å². The summed E-state index contributed by atoms with van der Waals surface area (Å²) in [6.45, 7) is 2.74. The molecule has 2 heterocycles. The van der Waals surface area contributed by atoms with Crippen molar-refractivity contribution in [2.24, 2.45) is 0 Å². The van der Waals surface area contributed by atoms with Crippen LogP contribution in [0.5, 0.6) is 0 Å². The molecule has 2 fully saturated rings. The van der Waals surface area contributed by atoms with E-state index in [0.29, 0.717) is 11.0 Å². The highest BCUT2D eigenvalue weighted by Crippen LogP contribution is 2.33. The van der Waals surface area contributed by atoms with Crippen molar-refractivity contribution in [3.8, 4) is 0 Å². The molecule has 4 nitrogen and oxygen atoms in total. The number of rotatable bonds is 4. The Bertz CT molecular complexity index is 649. The summed E-state index contributed by atoms with van der Waals surface area (Å²) in [6, 6.07) is 8.18. The Hall–Kier alpha value is -1.37. The fourth-order valence-electron chi connectivity index (χ4n) is 2.94. The van der Waals surface area contributed by atoms with Crippen molar-refractivity contribution >= 4 is 46.0 Å². The quantitative estimate of drug-likeness (QED) is 0.605. The second-order valence-corrected chi connectivity index (χ2v) is 8.09. The Labute approximate surface area is 153 Å². The molecule has 1 amide bonds. The highest BCUT2D eigenvalue weighted by Gasteiger charge is 2.33. The van der Waals surface area contributed by atoms with Crippen LogP contribution in [0.3, 0.4) is 0 Å². The average molecular weight is 362 g/mol. The molecule has 0 aliphatic carbocycles. The highest BCUT2D eigenvalue weighted by molar-refractivity contribution is 8.26. The number of likely N-dealkylation sites (tertiary alicyclic amines) is 1. The molecule has 0 aromatic heterocycles. The smallest absolute Gasteiger partial charge is 0.267 e. The number of benzene rings is 1. The molecule has 128 valence electrons. The van der Waals surface area contributed by atoms with Crippen molar-refractivity contribution < 1.29 is 4.79 Å². The van der Waals surface area contributed by atoms with E-state index < -0.39 is 0 Å². The van der Waals surface area contributed by atoms with Gasteiger partial charge >= 0.3 is 0 Å². The van der Waals surface area contributed by atoms with Crippen LogP contribution in [0.1, 0.15) is 24.8 Å². The van der Waals surface area contributed by atoms with E-state index in [1.165, 1.54) is 31.0 Å². The zero-order valence-corrected chi connectivity index (χ0v) is 15.8. The molecule has 1 aromatic rings. The summed E-state index contributed by atoms with van der Waals surface area (Å²) in [4.78, 5) is 19.5. The van der Waals surface area contributed by atoms with E-state index >= 15 is 0 Å². The van der Waals surface area contributed by atoms with Crippen LogP contribution in [0.15, 0.2) is 29.2 Å². The Morgan fingerprint density at radius 1 is 1.17 bits per heavy atom. The highest BCUT2D eigenvalue weighted by atomic mass is 32.2. The van der Waals surface area contributed by atoms with Crippen LogP contribution < -0.4 is 4.90 Å². The van der Waals surface area contributed by atoms with Gasteiger partial charge in [-0.05, 0) is 49.7 Å². The fraction of sp³-hybridized carbons (Fsp3) is 0.444. The number of thiocarbonyl (C=S) groups is 1. The second kappa shape index (κ2) is 7.68. The Kier molecular flexibility index (Phi) is 5.58. The molecule has 0 bridgehead atoms. The summed E-state index contributed by atoms with van der Waals surface area (Å²) < 4.78 is 0.668. The third-order valence-electron chi connectivity index (χ3n) is 4.37. The average Bonchev–Trinajstić information content (AvgIpc) is 2.84. The van der Waals surface area contributed by atoms with Gasteiger partial charge < -0.3 is 4.90 Å². The van der Waals surface area contributed by atoms with Gasteiger partial charge in [0.2, 0.25) is 0 Å². The second-order valence-electron chi connectivity index (χ2n) is 6.42. The van der Waals surface area contributed by atoms with Crippen molar-refractivity contribution in [3.63, 3.8) is 0 Å². The molecule has 2 saturated heterocycles. The maximum Gasteiger partial charge on any atom is 0.267 e. The summed E-state index contributed by atoms with van der Waals surface area (Å²) in [5.41, 5.74) is 2.17. The maximum atomic E-state index is 12.7. The van der Waals surface area contributed by atoms with Crippen LogP contribution in [0.25, 0.3) is 6.08 Å². The van der Waals surface area contributed by atoms with E-state index in [9.17, 15) is 4.79 Å². The molecular weight excluding hydrogens is 338 g/mol. The van der Waals surface area contributed by atoms with Crippen molar-refractivity contribution in [2.45, 2.75) is 19.3 Å². The number of carbonyl (C=O) groups excluding carboxylic acids is 1. The van der Waals surface area contributed by atoms with Crippen molar-refractivity contribution in [1.29, 1.82) is 0 Å². The number of piperidine rings is 1. The third-order valence-corrected chi connectivity index (χ3v) is 5.75. The lowest BCUT2D eigenvalue weighted by molar-refractivity contribution is -0.123. The summed E-state index contributed by atoms with van der Waals surface area (Å²) in [6.07, 6.45) is 5.65. The van der Waals surface area contributed by atoms with Crippen LogP contribution in [0.4, 0.5) is 5.69 Å². The first-order valence-corrected chi connectivity index (χ1v) is 9.52. The van der Waals surface area contributed by atoms with Crippen molar-refractivity contribution in [2.75, 3.05) is 38.8 Å². The van der Waals surface area contributed by atoms with Crippen molar-refractivity contribution in [1.82, 2.24) is 9.80 Å². The van der Waals surface area contributed by atoms with E-state index in [4.69, 9.17) is 12.2 Å². The first-order valence-electron chi connectivity index (χ1n) is 8.30. The van der Waals surface area contributed by atoms with Gasteiger partial charge in [0.15, 0.2) is 0 Å². The molecule has 0 atom stereocenters. The fourth-order valence-corrected chi connectivity index (χ4v) is 4.18. The minimum atomic E-state index is 0.0345. The lowest BCUT2D eigenvalue weighted by atomic mass is 10.1. The zero-order valence-electron chi connectivity index (χ0n) is 14.2. The van der Waals surface area contributed by atoms with Gasteiger partial charge in [0.05, 0.1) is 11.6 Å². The summed E-state index contributed by atoms with van der Waals surface area (Å²) in [5.74, 6) is 0.0345. The normalized spacial score (nSPS) is 20.9. The lowest BCUT2D eigenvalue weighted by Gasteiger charge is -2.29. The molecule has 24 heavy (non-hydrogen) atoms. The summed E-state index contributed by atoms with van der Waals surface area (Å²) in [5, 5.41) is 0. The van der Waals surface area contributed by atoms with Crippen LogP contribution >= 0.6 is 24.0 Å². The lowest BCUT2D eigenvalue weighted by Crippen LogP contribution is -2.42. The summed E-state index contributed by atoms with van der Waals surface area (Å²) >= 11 is 6.84. The van der Waals surface area contributed by atoms with Crippen LogP contribution in [-0.4, -0.2) is 53.9 Å². The molecule has 0 radical (unpaired) electrons. The zero-order chi connectivity index (χ0) is 17.1. The predicted molar refractivity (Wildman–Crippen MR) is 106 cm³/mol. The molecule has 6 heteroatoms. The van der Waals surface area contributed by atoms with Gasteiger partial charge in [0, 0.05) is 19.8 Å². The number of nitrogens with zero attached hydrogens (tertiary/aromatic N) is 3. The Balaban J connectivity index is 1.70. The number of thioether (sulfide) groups is 1. The minimum Gasteiger partial charge on any atom is -0.378 e. The number of anilines is 1. The molecule has 0 N–H and O–H groups in total. The number of hydrogen-bond donors (Lipinski definition) is 0. The van der Waals surface area contributed by atoms with Crippen LogP contribution in [-0.2, 0) is 4.79 Å². The first-order chi connectivity index (χ1) is 11.5. The predicted octanol–water partition coefficient (Wildman–Crippen LogP) is 3.40. The van der Waals surface area contributed by atoms with E-state index in [2.05, 4.69) is 21.9 Å². The molecule has 0 unspecified atom stereocenters. The molecule has 0 saturated carbocycles. The molecule has 0 spiro atoms. The molecule has 3 rings (SSSR count). The molecule has 2 aliphatic heterocycles. The minimum absolute atomic E-state index is 0.0345. The van der Waals surface area contributed by atoms with Gasteiger partial charge in [-0.15, -0.1) is 0 Å². The molecule has 1 aromatic carbocycles. The molecule has 2 aliphatic rings. The number of amides is 1. The monoisotopic (exact) mass is 361 g/mol. The van der Waals surface area contributed by atoms with Crippen LogP contribution in [0.2, 0.25) is 0 Å². The van der Waals surface area contributed by atoms with Crippen molar-refractivity contribution in [3.05, 3.63) is 34.7 Å². The van der Waals surface area contributed by atoms with Crippen LogP contribution in [0, 0.1) is 0 Å². The van der Waals surface area contributed by atoms with Gasteiger partial charge in [-0.3, -0.25) is 14.6 Å². The number of hydrogen-bond acceptors (Lipinski definition) is 5. The Morgan fingerprint density at radius 2 is 1.83 bits per heavy atom. The standard InChI is InChI=1S/C18H23N3OS2/c1-19(2)15-8-6-14(7-9-15)12-16-17(22)21(18(23)24-16)13-20-10-4-3-5-11-20/h6-9,12H,3-5,10-11,13H2,1-2H3/b16-12-. The SMILES string of the molecule is CN(C)c1ccc(/C=C2\SC(=S)N(CN3CCCCC3)C2=O)cc1. The first kappa shape index (κ1) is 17.5. The van der Waals surface area contributed by atoms with E-state index in [-0.39, 0.29) is 5.91 Å². The third kappa shape index (κ3) is 3.99. The van der Waals surface area contributed by atoms with Gasteiger partial charge in [0.1, 0.15) is 4.32 Å². The number of carbonyl (C=O) groups is 1. The van der Waals surface area contributed by atoms with Gasteiger partial charge in [-0.25, -0.2) is 0 Å². The van der Waals surface area contributed by atoms with E-state index in [1.807, 2.05) is 32.3 Å². The summed E-state index contributed by atoms with van der Waals surface area (Å²) in [7, 11) is 4.03. The van der Waals surface area contributed by atoms with Gasteiger partial charge in [-0.1, -0.05) is 42.5 Å².